The van der Waals surface area contributed by atoms with Crippen molar-refractivity contribution in [3.8, 4) is 5.75 Å². The summed E-state index contributed by atoms with van der Waals surface area (Å²) < 4.78 is 5.80. The number of aliphatic hydroxyl groups is 1. The van der Waals surface area contributed by atoms with E-state index in [2.05, 4.69) is 0 Å². The van der Waals surface area contributed by atoms with Crippen LogP contribution in [-0.2, 0) is 17.9 Å². The molecule has 26 heavy (non-hydrogen) atoms. The number of rotatable bonds is 4. The number of amides is 1. The van der Waals surface area contributed by atoms with Crippen molar-refractivity contribution in [2.45, 2.75) is 26.1 Å². The van der Waals surface area contributed by atoms with E-state index in [1.165, 1.54) is 5.56 Å². The summed E-state index contributed by atoms with van der Waals surface area (Å²) in [7, 11) is 3.85. The number of hydrogen-bond donors (Lipinski definition) is 1. The second kappa shape index (κ2) is 7.89. The van der Waals surface area contributed by atoms with E-state index in [0.29, 0.717) is 19.7 Å². The zero-order valence-electron chi connectivity index (χ0n) is 15.6. The Bertz CT molecular complexity index is 771. The number of carbonyl (C=O) groups excluding carboxylic acids is 1. The van der Waals surface area contributed by atoms with E-state index >= 15 is 0 Å². The molecule has 0 fully saturated rings. The number of carbonyl (C=O) groups is 1. The summed E-state index contributed by atoms with van der Waals surface area (Å²) in [6.45, 7) is 3.50. The number of aryl methyl sites for hydroxylation is 1. The van der Waals surface area contributed by atoms with Gasteiger partial charge in [0, 0.05) is 12.1 Å². The number of fused-ring (bicyclic) bond motifs is 1. The van der Waals surface area contributed by atoms with Crippen LogP contribution in [-0.4, -0.2) is 48.1 Å². The van der Waals surface area contributed by atoms with E-state index in [-0.39, 0.29) is 18.6 Å². The second-order valence-electron chi connectivity index (χ2n) is 6.99. The third kappa shape index (κ3) is 3.89. The van der Waals surface area contributed by atoms with Crippen LogP contribution in [0.25, 0.3) is 0 Å². The summed E-state index contributed by atoms with van der Waals surface area (Å²) in [5.41, 5.74) is 3.92. The standard InChI is InChI=1S/C21H26N2O3/c1-15-4-7-17(8-5-15)20(22(2)3)21(25)23-10-11-26-19-9-6-16(14-24)12-18(19)13-23/h4-9,12,20,24H,10-11,13-14H2,1-3H3. The normalized spacial score (nSPS) is 15.2. The number of ether oxygens (including phenoxy) is 1. The molecule has 0 radical (unpaired) electrons. The Kier molecular flexibility index (Phi) is 5.59. The Morgan fingerprint density at radius 3 is 2.62 bits per heavy atom. The molecule has 1 amide bonds. The van der Waals surface area contributed by atoms with Gasteiger partial charge in [0.15, 0.2) is 0 Å². The molecule has 1 unspecified atom stereocenters. The van der Waals surface area contributed by atoms with Crippen LogP contribution < -0.4 is 4.74 Å². The quantitative estimate of drug-likeness (QED) is 0.917. The van der Waals surface area contributed by atoms with Crippen molar-refractivity contribution in [2.75, 3.05) is 27.2 Å². The molecule has 5 heteroatoms. The van der Waals surface area contributed by atoms with Gasteiger partial charge in [-0.25, -0.2) is 0 Å². The highest BCUT2D eigenvalue weighted by Crippen LogP contribution is 2.28. The molecule has 0 saturated carbocycles. The zero-order valence-corrected chi connectivity index (χ0v) is 15.6. The average molecular weight is 354 g/mol. The van der Waals surface area contributed by atoms with Crippen LogP contribution in [0.4, 0.5) is 0 Å². The molecule has 3 rings (SSSR count). The lowest BCUT2D eigenvalue weighted by molar-refractivity contribution is -0.137. The molecule has 0 saturated heterocycles. The van der Waals surface area contributed by atoms with E-state index in [1.807, 2.05) is 73.3 Å². The van der Waals surface area contributed by atoms with Crippen LogP contribution in [0.15, 0.2) is 42.5 Å². The van der Waals surface area contributed by atoms with Crippen LogP contribution in [0.1, 0.15) is 28.3 Å². The maximum atomic E-state index is 13.3. The number of aliphatic hydroxyl groups excluding tert-OH is 1. The van der Waals surface area contributed by atoms with Crippen molar-refractivity contribution in [3.05, 3.63) is 64.7 Å². The first-order chi connectivity index (χ1) is 12.5. The summed E-state index contributed by atoms with van der Waals surface area (Å²) in [6.07, 6.45) is 0. The van der Waals surface area contributed by atoms with Gasteiger partial charge in [-0.3, -0.25) is 9.69 Å². The van der Waals surface area contributed by atoms with Crippen molar-refractivity contribution < 1.29 is 14.6 Å². The fraction of sp³-hybridized carbons (Fsp3) is 0.381. The van der Waals surface area contributed by atoms with Gasteiger partial charge >= 0.3 is 0 Å². The highest BCUT2D eigenvalue weighted by atomic mass is 16.5. The molecule has 138 valence electrons. The van der Waals surface area contributed by atoms with Gasteiger partial charge in [-0.15, -0.1) is 0 Å². The molecular formula is C21H26N2O3. The van der Waals surface area contributed by atoms with Gasteiger partial charge in [0.25, 0.3) is 0 Å². The van der Waals surface area contributed by atoms with Gasteiger partial charge in [-0.1, -0.05) is 35.9 Å². The fourth-order valence-electron chi connectivity index (χ4n) is 3.32. The minimum Gasteiger partial charge on any atom is -0.491 e. The molecule has 1 aliphatic rings. The van der Waals surface area contributed by atoms with Gasteiger partial charge in [0.2, 0.25) is 5.91 Å². The molecule has 5 nitrogen and oxygen atoms in total. The van der Waals surface area contributed by atoms with E-state index in [1.54, 1.807) is 0 Å². The second-order valence-corrected chi connectivity index (χ2v) is 6.99. The molecule has 0 aliphatic carbocycles. The zero-order chi connectivity index (χ0) is 18.7. The van der Waals surface area contributed by atoms with E-state index in [9.17, 15) is 9.90 Å². The minimum atomic E-state index is -0.335. The molecule has 2 aromatic carbocycles. The minimum absolute atomic E-state index is 0.0229. The van der Waals surface area contributed by atoms with Crippen molar-refractivity contribution in [1.82, 2.24) is 9.80 Å². The predicted octanol–water partition coefficient (Wildman–Crippen LogP) is 2.51. The Hall–Kier alpha value is -2.37. The SMILES string of the molecule is Cc1ccc(C(C(=O)N2CCOc3ccc(CO)cc3C2)N(C)C)cc1. The van der Waals surface area contributed by atoms with Gasteiger partial charge in [-0.2, -0.15) is 0 Å². The smallest absolute Gasteiger partial charge is 0.244 e. The molecule has 1 aliphatic heterocycles. The summed E-state index contributed by atoms with van der Waals surface area (Å²) in [5.74, 6) is 0.846. The van der Waals surface area contributed by atoms with Crippen LogP contribution in [0.3, 0.4) is 0 Å². The third-order valence-electron chi connectivity index (χ3n) is 4.74. The maximum absolute atomic E-state index is 13.3. The van der Waals surface area contributed by atoms with Crippen LogP contribution in [0.2, 0.25) is 0 Å². The summed E-state index contributed by atoms with van der Waals surface area (Å²) in [6, 6.07) is 13.4. The topological polar surface area (TPSA) is 53.0 Å². The van der Waals surface area contributed by atoms with Crippen molar-refractivity contribution >= 4 is 5.91 Å². The molecule has 0 aromatic heterocycles. The van der Waals surface area contributed by atoms with Gasteiger partial charge < -0.3 is 14.7 Å². The summed E-state index contributed by atoms with van der Waals surface area (Å²) in [5, 5.41) is 9.39. The number of benzene rings is 2. The lowest BCUT2D eigenvalue weighted by Gasteiger charge is -2.30. The lowest BCUT2D eigenvalue weighted by atomic mass is 10.0. The Morgan fingerprint density at radius 2 is 1.96 bits per heavy atom. The monoisotopic (exact) mass is 354 g/mol. The maximum Gasteiger partial charge on any atom is 0.244 e. The molecule has 1 heterocycles. The lowest BCUT2D eigenvalue weighted by Crippen LogP contribution is -2.41. The molecular weight excluding hydrogens is 328 g/mol. The Balaban J connectivity index is 1.87. The molecule has 0 bridgehead atoms. The molecule has 0 spiro atoms. The number of nitrogens with zero attached hydrogens (tertiary/aromatic N) is 2. The van der Waals surface area contributed by atoms with Crippen molar-refractivity contribution in [3.63, 3.8) is 0 Å². The number of likely N-dealkylation sites (N-methyl/N-ethyl adjacent to an activating group) is 1. The number of hydrogen-bond acceptors (Lipinski definition) is 4. The predicted molar refractivity (Wildman–Crippen MR) is 101 cm³/mol. The molecule has 1 atom stereocenters. The highest BCUT2D eigenvalue weighted by molar-refractivity contribution is 5.83. The first kappa shape index (κ1) is 18.4. The first-order valence-corrected chi connectivity index (χ1v) is 8.87. The van der Waals surface area contributed by atoms with Crippen molar-refractivity contribution in [1.29, 1.82) is 0 Å². The summed E-state index contributed by atoms with van der Waals surface area (Å²) >= 11 is 0. The Labute approximate surface area is 154 Å². The van der Waals surface area contributed by atoms with Gasteiger partial charge in [0.05, 0.1) is 13.2 Å². The highest BCUT2D eigenvalue weighted by Gasteiger charge is 2.29. The van der Waals surface area contributed by atoms with Crippen LogP contribution >= 0.6 is 0 Å². The van der Waals surface area contributed by atoms with E-state index in [4.69, 9.17) is 4.74 Å². The Morgan fingerprint density at radius 1 is 1.23 bits per heavy atom. The first-order valence-electron chi connectivity index (χ1n) is 8.87. The van der Waals surface area contributed by atoms with E-state index in [0.717, 1.165) is 22.4 Å². The van der Waals surface area contributed by atoms with Crippen molar-refractivity contribution in [2.24, 2.45) is 0 Å². The summed E-state index contributed by atoms with van der Waals surface area (Å²) in [4.78, 5) is 17.1. The van der Waals surface area contributed by atoms with Gasteiger partial charge in [-0.05, 0) is 44.3 Å². The van der Waals surface area contributed by atoms with Gasteiger partial charge in [0.1, 0.15) is 18.4 Å². The van der Waals surface area contributed by atoms with E-state index < -0.39 is 0 Å². The third-order valence-corrected chi connectivity index (χ3v) is 4.74. The largest absolute Gasteiger partial charge is 0.491 e. The van der Waals surface area contributed by atoms with Crippen LogP contribution in [0.5, 0.6) is 5.75 Å². The molecule has 1 N–H and O–H groups in total. The average Bonchev–Trinajstić information content (AvgIpc) is 2.84. The fourth-order valence-corrected chi connectivity index (χ4v) is 3.32. The molecule has 2 aromatic rings. The van der Waals surface area contributed by atoms with Crippen LogP contribution in [0, 0.1) is 6.92 Å².